The Hall–Kier alpha value is -0.700. The fraction of sp³-hybridized carbons (Fsp3) is 0.667. The summed E-state index contributed by atoms with van der Waals surface area (Å²) >= 11 is 1.65. The Morgan fingerprint density at radius 3 is 2.60 bits per heavy atom. The molecule has 15 heavy (non-hydrogen) atoms. The molecule has 1 atom stereocenters. The summed E-state index contributed by atoms with van der Waals surface area (Å²) in [5.41, 5.74) is 1.06. The molecule has 1 aromatic rings. The predicted molar refractivity (Wildman–Crippen MR) is 64.4 cm³/mol. The number of carbonyl (C=O) groups excluding carboxylic acids is 1. The highest BCUT2D eigenvalue weighted by Crippen LogP contribution is 2.18. The van der Waals surface area contributed by atoms with E-state index in [1.54, 1.807) is 11.3 Å². The van der Waals surface area contributed by atoms with Crippen molar-refractivity contribution in [2.24, 2.45) is 5.92 Å². The first-order valence-corrected chi connectivity index (χ1v) is 6.29. The molecule has 1 aromatic heterocycles. The summed E-state index contributed by atoms with van der Waals surface area (Å²) in [6, 6.07) is 0. The molecule has 0 aliphatic rings. The average Bonchev–Trinajstić information content (AvgIpc) is 2.45. The van der Waals surface area contributed by atoms with Gasteiger partial charge in [0.1, 0.15) is 10.8 Å². The Labute approximate surface area is 95.7 Å². The Kier molecular flexibility index (Phi) is 4.45. The highest BCUT2D eigenvalue weighted by atomic mass is 32.1. The quantitative estimate of drug-likeness (QED) is 0.769. The van der Waals surface area contributed by atoms with E-state index < -0.39 is 0 Å². The van der Waals surface area contributed by atoms with Crippen LogP contribution in [0.4, 0.5) is 0 Å². The number of carbonyl (C=O) groups is 1. The third kappa shape index (κ3) is 3.74. The third-order valence-corrected chi connectivity index (χ3v) is 3.77. The van der Waals surface area contributed by atoms with Crippen molar-refractivity contribution in [1.82, 2.24) is 4.98 Å². The van der Waals surface area contributed by atoms with Gasteiger partial charge < -0.3 is 0 Å². The molecule has 0 aliphatic heterocycles. The van der Waals surface area contributed by atoms with E-state index in [2.05, 4.69) is 25.8 Å². The fourth-order valence-electron chi connectivity index (χ4n) is 1.39. The van der Waals surface area contributed by atoms with Gasteiger partial charge in [0.05, 0.1) is 12.1 Å². The molecular formula is C12H19NOS. The molecular weight excluding hydrogens is 206 g/mol. The minimum atomic E-state index is 0.318. The molecule has 2 nitrogen and oxygen atoms in total. The van der Waals surface area contributed by atoms with Crippen LogP contribution in [0.25, 0.3) is 0 Å². The average molecular weight is 225 g/mol. The Morgan fingerprint density at radius 2 is 2.13 bits per heavy atom. The molecule has 0 spiro atoms. The zero-order chi connectivity index (χ0) is 11.4. The van der Waals surface area contributed by atoms with Gasteiger partial charge >= 0.3 is 0 Å². The molecule has 0 aliphatic carbocycles. The van der Waals surface area contributed by atoms with Crippen LogP contribution in [-0.2, 0) is 11.2 Å². The van der Waals surface area contributed by atoms with Gasteiger partial charge in [-0.3, -0.25) is 4.79 Å². The van der Waals surface area contributed by atoms with Gasteiger partial charge in [0.25, 0.3) is 0 Å². The van der Waals surface area contributed by atoms with Crippen molar-refractivity contribution in [2.45, 2.75) is 47.0 Å². The van der Waals surface area contributed by atoms with Crippen LogP contribution in [0.5, 0.6) is 0 Å². The summed E-state index contributed by atoms with van der Waals surface area (Å²) in [4.78, 5) is 17.3. The third-order valence-electron chi connectivity index (χ3n) is 2.69. The van der Waals surface area contributed by atoms with Crippen LogP contribution in [0.2, 0.25) is 0 Å². The van der Waals surface area contributed by atoms with Crippen LogP contribution in [0, 0.1) is 19.8 Å². The summed E-state index contributed by atoms with van der Waals surface area (Å²) in [5.74, 6) is 0.817. The van der Waals surface area contributed by atoms with Gasteiger partial charge in [0, 0.05) is 11.3 Å². The van der Waals surface area contributed by atoms with E-state index in [-0.39, 0.29) is 0 Å². The highest BCUT2D eigenvalue weighted by molar-refractivity contribution is 7.11. The maximum Gasteiger partial charge on any atom is 0.139 e. The second kappa shape index (κ2) is 5.40. The van der Waals surface area contributed by atoms with E-state index in [0.717, 1.165) is 17.1 Å². The van der Waals surface area contributed by atoms with E-state index in [1.165, 1.54) is 4.88 Å². The van der Waals surface area contributed by atoms with Crippen LogP contribution >= 0.6 is 11.3 Å². The number of aromatic nitrogens is 1. The van der Waals surface area contributed by atoms with Gasteiger partial charge in [-0.05, 0) is 19.8 Å². The molecule has 0 saturated heterocycles. The molecule has 84 valence electrons. The summed E-state index contributed by atoms with van der Waals surface area (Å²) in [6.45, 7) is 8.29. The van der Waals surface area contributed by atoms with Gasteiger partial charge in [-0.15, -0.1) is 11.3 Å². The molecule has 1 heterocycles. The lowest BCUT2D eigenvalue weighted by molar-refractivity contribution is -0.119. The Morgan fingerprint density at radius 1 is 1.47 bits per heavy atom. The minimum Gasteiger partial charge on any atom is -0.299 e. The number of ketones is 1. The van der Waals surface area contributed by atoms with E-state index in [1.807, 2.05) is 6.92 Å². The molecule has 0 bridgehead atoms. The smallest absolute Gasteiger partial charge is 0.139 e. The summed E-state index contributed by atoms with van der Waals surface area (Å²) in [6.07, 6.45) is 2.28. The van der Waals surface area contributed by atoms with Crippen molar-refractivity contribution in [3.63, 3.8) is 0 Å². The lowest BCUT2D eigenvalue weighted by Gasteiger charge is -2.05. The number of Topliss-reactive ketones (excluding diaryl/α,β-unsaturated/α-hetero) is 1. The summed E-state index contributed by atoms with van der Waals surface area (Å²) in [5, 5.41) is 0.971. The van der Waals surface area contributed by atoms with E-state index in [9.17, 15) is 4.79 Å². The van der Waals surface area contributed by atoms with Crippen molar-refractivity contribution < 1.29 is 4.79 Å². The largest absolute Gasteiger partial charge is 0.299 e. The molecule has 0 radical (unpaired) electrons. The van der Waals surface area contributed by atoms with Crippen LogP contribution in [-0.4, -0.2) is 10.8 Å². The summed E-state index contributed by atoms with van der Waals surface area (Å²) in [7, 11) is 0. The number of hydrogen-bond acceptors (Lipinski definition) is 3. The van der Waals surface area contributed by atoms with Crippen LogP contribution in [0.1, 0.15) is 42.3 Å². The molecule has 1 unspecified atom stereocenters. The zero-order valence-electron chi connectivity index (χ0n) is 9.96. The zero-order valence-corrected chi connectivity index (χ0v) is 10.8. The molecule has 0 amide bonds. The highest BCUT2D eigenvalue weighted by Gasteiger charge is 2.11. The van der Waals surface area contributed by atoms with Crippen molar-refractivity contribution in [3.05, 3.63) is 15.6 Å². The van der Waals surface area contributed by atoms with Gasteiger partial charge in [-0.2, -0.15) is 0 Å². The van der Waals surface area contributed by atoms with Crippen molar-refractivity contribution in [3.8, 4) is 0 Å². The number of aryl methyl sites for hydroxylation is 2. The van der Waals surface area contributed by atoms with E-state index in [0.29, 0.717) is 24.5 Å². The Balaban J connectivity index is 2.51. The lowest BCUT2D eigenvalue weighted by atomic mass is 10.0. The predicted octanol–water partition coefficient (Wildman–Crippen LogP) is 3.31. The maximum absolute atomic E-state index is 11.7. The lowest BCUT2D eigenvalue weighted by Crippen LogP contribution is -2.07. The standard InChI is InChI=1S/C12H19NOS/c1-5-8(2)6-11(14)7-12-13-9(3)10(4)15-12/h8H,5-7H2,1-4H3. The van der Waals surface area contributed by atoms with E-state index in [4.69, 9.17) is 0 Å². The molecule has 3 heteroatoms. The van der Waals surface area contributed by atoms with Crippen LogP contribution in [0.3, 0.4) is 0 Å². The molecule has 0 N–H and O–H groups in total. The Bertz CT molecular complexity index is 324. The number of rotatable bonds is 5. The number of thiazole rings is 1. The summed E-state index contributed by atoms with van der Waals surface area (Å²) < 4.78 is 0. The van der Waals surface area contributed by atoms with Gasteiger partial charge in [-0.25, -0.2) is 4.98 Å². The second-order valence-electron chi connectivity index (χ2n) is 4.18. The van der Waals surface area contributed by atoms with Crippen LogP contribution in [0.15, 0.2) is 0 Å². The second-order valence-corrected chi connectivity index (χ2v) is 5.47. The van der Waals surface area contributed by atoms with Crippen LogP contribution < -0.4 is 0 Å². The van der Waals surface area contributed by atoms with Gasteiger partial charge in [0.2, 0.25) is 0 Å². The first kappa shape index (κ1) is 12.4. The van der Waals surface area contributed by atoms with Crippen molar-refractivity contribution >= 4 is 17.1 Å². The maximum atomic E-state index is 11.7. The molecule has 0 saturated carbocycles. The normalized spacial score (nSPS) is 12.8. The SMILES string of the molecule is CCC(C)CC(=O)Cc1nc(C)c(C)s1. The minimum absolute atomic E-state index is 0.318. The molecule has 1 rings (SSSR count). The number of hydrogen-bond donors (Lipinski definition) is 0. The number of nitrogens with zero attached hydrogens (tertiary/aromatic N) is 1. The topological polar surface area (TPSA) is 30.0 Å². The molecule has 0 fully saturated rings. The van der Waals surface area contributed by atoms with E-state index >= 15 is 0 Å². The first-order valence-electron chi connectivity index (χ1n) is 5.47. The fourth-order valence-corrected chi connectivity index (χ4v) is 2.35. The first-order chi connectivity index (χ1) is 7.02. The van der Waals surface area contributed by atoms with Gasteiger partial charge in [0.15, 0.2) is 0 Å². The van der Waals surface area contributed by atoms with Gasteiger partial charge in [-0.1, -0.05) is 20.3 Å². The molecule has 0 aromatic carbocycles. The van der Waals surface area contributed by atoms with Crippen molar-refractivity contribution in [1.29, 1.82) is 0 Å². The van der Waals surface area contributed by atoms with Crippen molar-refractivity contribution in [2.75, 3.05) is 0 Å². The monoisotopic (exact) mass is 225 g/mol.